The maximum Gasteiger partial charge on any atom is 0.227 e. The zero-order chi connectivity index (χ0) is 27.7. The van der Waals surface area contributed by atoms with Gasteiger partial charge in [-0.1, -0.05) is 23.7 Å². The first-order valence-electron chi connectivity index (χ1n) is 12.8. The van der Waals surface area contributed by atoms with Gasteiger partial charge in [0.15, 0.2) is 5.82 Å². The third kappa shape index (κ3) is 5.65. The molecule has 1 fully saturated rings. The van der Waals surface area contributed by atoms with Crippen molar-refractivity contribution in [2.75, 3.05) is 41.9 Å². The number of nitrogens with one attached hydrogen (secondary N) is 1. The van der Waals surface area contributed by atoms with Crippen LogP contribution in [0, 0.1) is 17.5 Å². The Morgan fingerprint density at radius 1 is 1.00 bits per heavy atom. The van der Waals surface area contributed by atoms with Gasteiger partial charge in [0.25, 0.3) is 0 Å². The summed E-state index contributed by atoms with van der Waals surface area (Å²) in [5, 5.41) is 14.5. The first kappa shape index (κ1) is 27.1. The number of fused-ring (bicyclic) bond motifs is 1. The van der Waals surface area contributed by atoms with E-state index in [-0.39, 0.29) is 41.8 Å². The monoisotopic (exact) mass is 559 g/mol. The van der Waals surface area contributed by atoms with Gasteiger partial charge in [0, 0.05) is 43.4 Å². The van der Waals surface area contributed by atoms with Gasteiger partial charge in [-0.05, 0) is 55.2 Å². The van der Waals surface area contributed by atoms with E-state index in [1.54, 1.807) is 30.2 Å². The number of aliphatic hydroxyl groups is 1. The minimum atomic E-state index is -1.10. The van der Waals surface area contributed by atoms with Crippen molar-refractivity contribution in [1.82, 2.24) is 0 Å². The minimum absolute atomic E-state index is 0.0113. The number of halogens is 4. The molecular weight excluding hydrogens is 531 g/mol. The number of piperidine rings is 1. The second-order valence-corrected chi connectivity index (χ2v) is 10.4. The van der Waals surface area contributed by atoms with E-state index in [0.717, 1.165) is 17.7 Å². The zero-order valence-electron chi connectivity index (χ0n) is 21.4. The quantitative estimate of drug-likeness (QED) is 0.389. The molecule has 2 heterocycles. The number of nitrogens with zero attached hydrogens (tertiary/aromatic N) is 2. The summed E-state index contributed by atoms with van der Waals surface area (Å²) >= 11 is 6.09. The van der Waals surface area contributed by atoms with E-state index in [2.05, 4.69) is 5.32 Å². The summed E-state index contributed by atoms with van der Waals surface area (Å²) in [6.07, 6.45) is 1.25. The van der Waals surface area contributed by atoms with Crippen LogP contribution in [-0.2, 0) is 17.8 Å². The molecule has 0 aromatic heterocycles. The van der Waals surface area contributed by atoms with Crippen molar-refractivity contribution in [3.63, 3.8) is 0 Å². The van der Waals surface area contributed by atoms with Crippen molar-refractivity contribution in [2.45, 2.75) is 37.8 Å². The Labute approximate surface area is 229 Å². The molecule has 0 unspecified atom stereocenters. The number of carbonyl (C=O) groups is 1. The van der Waals surface area contributed by atoms with E-state index in [4.69, 9.17) is 16.3 Å². The normalized spacial score (nSPS) is 16.7. The van der Waals surface area contributed by atoms with Crippen molar-refractivity contribution in [3.05, 3.63) is 82.1 Å². The van der Waals surface area contributed by atoms with Gasteiger partial charge in [-0.25, -0.2) is 13.2 Å². The molecule has 3 aromatic carbocycles. The molecule has 0 aliphatic carbocycles. The molecule has 0 saturated carbocycles. The Morgan fingerprint density at radius 3 is 2.38 bits per heavy atom. The highest BCUT2D eigenvalue weighted by Gasteiger charge is 2.35. The Balaban J connectivity index is 1.30. The largest absolute Gasteiger partial charge is 0.497 e. The van der Waals surface area contributed by atoms with Crippen LogP contribution in [0.3, 0.4) is 0 Å². The molecule has 1 saturated heterocycles. The topological polar surface area (TPSA) is 65.0 Å². The fraction of sp³-hybridized carbons (Fsp3) is 0.345. The van der Waals surface area contributed by atoms with Crippen LogP contribution in [0.5, 0.6) is 5.75 Å². The van der Waals surface area contributed by atoms with E-state index in [1.165, 1.54) is 11.0 Å². The van der Waals surface area contributed by atoms with Gasteiger partial charge in [-0.2, -0.15) is 0 Å². The average Bonchev–Trinajstić information content (AvgIpc) is 2.91. The molecule has 0 radical (unpaired) electrons. The van der Waals surface area contributed by atoms with Crippen molar-refractivity contribution in [3.8, 4) is 5.75 Å². The van der Waals surface area contributed by atoms with Gasteiger partial charge >= 0.3 is 0 Å². The number of anilines is 3. The summed E-state index contributed by atoms with van der Waals surface area (Å²) in [5.41, 5.74) is 1.45. The highest BCUT2D eigenvalue weighted by atomic mass is 35.5. The Hall–Kier alpha value is -3.43. The van der Waals surface area contributed by atoms with Gasteiger partial charge in [-0.3, -0.25) is 4.79 Å². The summed E-state index contributed by atoms with van der Waals surface area (Å²) in [7, 11) is 1.57. The predicted octanol–water partition coefficient (Wildman–Crippen LogP) is 5.69. The highest BCUT2D eigenvalue weighted by molar-refractivity contribution is 6.33. The molecule has 39 heavy (non-hydrogen) atoms. The fourth-order valence-electron chi connectivity index (χ4n) is 5.31. The number of rotatable bonds is 7. The molecule has 1 amide bonds. The number of hydrogen-bond acceptors (Lipinski definition) is 5. The molecule has 0 spiro atoms. The third-order valence-electron chi connectivity index (χ3n) is 7.49. The van der Waals surface area contributed by atoms with E-state index < -0.39 is 23.1 Å². The first-order chi connectivity index (χ1) is 18.7. The van der Waals surface area contributed by atoms with Crippen molar-refractivity contribution in [1.29, 1.82) is 0 Å². The summed E-state index contributed by atoms with van der Waals surface area (Å²) < 4.78 is 48.1. The van der Waals surface area contributed by atoms with E-state index in [0.29, 0.717) is 49.4 Å². The molecular formula is C29H29ClF3N3O3. The molecule has 0 atom stereocenters. The summed E-state index contributed by atoms with van der Waals surface area (Å²) in [5.74, 6) is -1.44. The Kier molecular flexibility index (Phi) is 7.64. The standard InChI is InChI=1S/C29H29ClF3N3O3/c1-39-20-4-2-18(3-5-20)16-36-26(37)9-6-21-25(8-7-23(32)27(21)36)34-17-29(38)10-12-35(13-11-29)28-22(30)14-19(31)15-24(28)33/h2-5,7-8,14-15,34,38H,6,9-13,16-17H2,1H3. The van der Waals surface area contributed by atoms with E-state index >= 15 is 4.39 Å². The Morgan fingerprint density at radius 2 is 1.72 bits per heavy atom. The highest BCUT2D eigenvalue weighted by Crippen LogP contribution is 2.38. The lowest BCUT2D eigenvalue weighted by Crippen LogP contribution is -2.48. The maximum atomic E-state index is 15.1. The summed E-state index contributed by atoms with van der Waals surface area (Å²) in [6, 6.07) is 12.1. The van der Waals surface area contributed by atoms with Gasteiger partial charge in [0.1, 0.15) is 17.4 Å². The molecule has 2 aliphatic heterocycles. The Bertz CT molecular complexity index is 1360. The van der Waals surface area contributed by atoms with E-state index in [9.17, 15) is 18.7 Å². The van der Waals surface area contributed by atoms with E-state index in [1.807, 2.05) is 12.1 Å². The molecule has 5 rings (SSSR count). The smallest absolute Gasteiger partial charge is 0.227 e. The molecule has 0 bridgehead atoms. The zero-order valence-corrected chi connectivity index (χ0v) is 22.2. The van der Waals surface area contributed by atoms with Crippen LogP contribution < -0.4 is 19.9 Å². The van der Waals surface area contributed by atoms with Crippen molar-refractivity contribution < 1.29 is 27.8 Å². The number of methoxy groups -OCH3 is 1. The van der Waals surface area contributed by atoms with Crippen LogP contribution in [0.2, 0.25) is 5.02 Å². The lowest BCUT2D eigenvalue weighted by molar-refractivity contribution is -0.119. The summed E-state index contributed by atoms with van der Waals surface area (Å²) in [4.78, 5) is 16.0. The molecule has 206 valence electrons. The van der Waals surface area contributed by atoms with Crippen LogP contribution in [0.15, 0.2) is 48.5 Å². The summed E-state index contributed by atoms with van der Waals surface area (Å²) in [6.45, 7) is 1.06. The minimum Gasteiger partial charge on any atom is -0.497 e. The third-order valence-corrected chi connectivity index (χ3v) is 7.78. The second kappa shape index (κ2) is 11.0. The van der Waals surface area contributed by atoms with Gasteiger partial charge in [-0.15, -0.1) is 0 Å². The number of hydrogen-bond donors (Lipinski definition) is 2. The maximum absolute atomic E-state index is 15.1. The number of amides is 1. The fourth-order valence-corrected chi connectivity index (χ4v) is 5.62. The molecule has 6 nitrogen and oxygen atoms in total. The average molecular weight is 560 g/mol. The van der Waals surface area contributed by atoms with Crippen LogP contribution in [-0.4, -0.2) is 43.4 Å². The van der Waals surface area contributed by atoms with Gasteiger partial charge in [0.05, 0.1) is 35.7 Å². The first-order valence-corrected chi connectivity index (χ1v) is 13.2. The molecule has 2 aliphatic rings. The van der Waals surface area contributed by atoms with Crippen LogP contribution in [0.4, 0.5) is 30.2 Å². The van der Waals surface area contributed by atoms with Crippen molar-refractivity contribution in [2.24, 2.45) is 0 Å². The second-order valence-electron chi connectivity index (χ2n) is 10.0. The molecule has 10 heteroatoms. The molecule has 3 aromatic rings. The van der Waals surface area contributed by atoms with Crippen LogP contribution >= 0.6 is 11.6 Å². The predicted molar refractivity (Wildman–Crippen MR) is 145 cm³/mol. The lowest BCUT2D eigenvalue weighted by Gasteiger charge is -2.40. The van der Waals surface area contributed by atoms with Crippen molar-refractivity contribution >= 4 is 34.6 Å². The SMILES string of the molecule is COc1ccc(CN2C(=O)CCc3c(NCC4(O)CCN(c5c(F)cc(F)cc5Cl)CC4)ccc(F)c32)cc1. The number of benzene rings is 3. The van der Waals surface area contributed by atoms with Crippen LogP contribution in [0.1, 0.15) is 30.4 Å². The molecule has 2 N–H and O–H groups in total. The number of ether oxygens (including phenoxy) is 1. The lowest BCUT2D eigenvalue weighted by atomic mass is 9.90. The van der Waals surface area contributed by atoms with Crippen LogP contribution in [0.25, 0.3) is 0 Å². The number of carbonyl (C=O) groups excluding carboxylic acids is 1. The van der Waals surface area contributed by atoms with Gasteiger partial charge in [0.2, 0.25) is 5.91 Å². The van der Waals surface area contributed by atoms with Gasteiger partial charge < -0.3 is 25.0 Å².